The fraction of sp³-hybridized carbons (Fsp3) is 0.263. The van der Waals surface area contributed by atoms with Crippen molar-refractivity contribution >= 4 is 17.7 Å². The number of rotatable bonds is 3. The number of carbonyl (C=O) groups excluding carboxylic acids is 1. The van der Waals surface area contributed by atoms with Crippen molar-refractivity contribution in [2.24, 2.45) is 5.73 Å². The molecule has 0 spiro atoms. The van der Waals surface area contributed by atoms with Gasteiger partial charge in [-0.3, -0.25) is 4.79 Å². The van der Waals surface area contributed by atoms with E-state index in [0.29, 0.717) is 17.1 Å². The summed E-state index contributed by atoms with van der Waals surface area (Å²) in [6, 6.07) is 16.6. The van der Waals surface area contributed by atoms with Crippen molar-refractivity contribution in [1.82, 2.24) is 5.32 Å². The van der Waals surface area contributed by atoms with Crippen molar-refractivity contribution in [3.05, 3.63) is 59.7 Å². The Kier molecular flexibility index (Phi) is 7.33. The molecule has 0 aliphatic carbocycles. The van der Waals surface area contributed by atoms with Gasteiger partial charge in [-0.1, -0.05) is 12.1 Å². The van der Waals surface area contributed by atoms with E-state index in [1.54, 1.807) is 36.0 Å². The van der Waals surface area contributed by atoms with Gasteiger partial charge in [0.05, 0.1) is 11.6 Å². The predicted octanol–water partition coefficient (Wildman–Crippen LogP) is 3.22. The number of carbonyl (C=O) groups is 1. The zero-order chi connectivity index (χ0) is 18.1. The molecule has 130 valence electrons. The summed E-state index contributed by atoms with van der Waals surface area (Å²) in [6.45, 7) is 0.752. The normalized spacial score (nSPS) is 16.5. The highest BCUT2D eigenvalue weighted by Crippen LogP contribution is 2.32. The minimum Gasteiger partial charge on any atom is -0.457 e. The van der Waals surface area contributed by atoms with Crippen LogP contribution in [0.5, 0.6) is 11.5 Å². The first kappa shape index (κ1) is 18.8. The fourth-order valence-electron chi connectivity index (χ4n) is 2.35. The summed E-state index contributed by atoms with van der Waals surface area (Å²) in [6.07, 6.45) is 1.01. The summed E-state index contributed by atoms with van der Waals surface area (Å²) in [5, 5.41) is 11.6. The Hall–Kier alpha value is -2.49. The van der Waals surface area contributed by atoms with Gasteiger partial charge in [-0.25, -0.2) is 0 Å². The summed E-state index contributed by atoms with van der Waals surface area (Å²) < 4.78 is 5.75. The lowest BCUT2D eigenvalue weighted by molar-refractivity contribution is -0.120. The van der Waals surface area contributed by atoms with Gasteiger partial charge in [0.2, 0.25) is 5.91 Å². The van der Waals surface area contributed by atoms with Crippen LogP contribution in [0.4, 0.5) is 0 Å². The smallest absolute Gasteiger partial charge is 0.237 e. The number of nitrogens with two attached hydrogens (primary N) is 1. The fourth-order valence-corrected chi connectivity index (χ4v) is 3.48. The van der Waals surface area contributed by atoms with Crippen LogP contribution in [-0.2, 0) is 4.79 Å². The Morgan fingerprint density at radius 3 is 2.32 bits per heavy atom. The number of benzene rings is 2. The number of thioether (sulfide) groups is 1. The second kappa shape index (κ2) is 9.72. The van der Waals surface area contributed by atoms with Gasteiger partial charge in [-0.2, -0.15) is 5.26 Å². The monoisotopic (exact) mass is 355 g/mol. The average molecular weight is 355 g/mol. The van der Waals surface area contributed by atoms with E-state index in [9.17, 15) is 4.79 Å². The highest BCUT2D eigenvalue weighted by atomic mass is 32.2. The third-order valence-electron chi connectivity index (χ3n) is 3.54. The van der Waals surface area contributed by atoms with Crippen LogP contribution >= 0.6 is 11.8 Å². The molecule has 1 atom stereocenters. The van der Waals surface area contributed by atoms with E-state index in [0.717, 1.165) is 24.3 Å². The second-order valence-corrected chi connectivity index (χ2v) is 6.42. The number of hydrogen-bond acceptors (Lipinski definition) is 5. The van der Waals surface area contributed by atoms with Crippen molar-refractivity contribution in [1.29, 1.82) is 5.26 Å². The van der Waals surface area contributed by atoms with Crippen LogP contribution < -0.4 is 15.8 Å². The molecule has 1 heterocycles. The third kappa shape index (κ3) is 5.24. The second-order valence-electron chi connectivity index (χ2n) is 5.20. The van der Waals surface area contributed by atoms with Crippen molar-refractivity contribution in [3.63, 3.8) is 0 Å². The molecule has 6 heteroatoms. The first-order valence-electron chi connectivity index (χ1n) is 8.01. The Morgan fingerprint density at radius 1 is 1.12 bits per heavy atom. The van der Waals surface area contributed by atoms with Gasteiger partial charge in [-0.15, -0.1) is 11.8 Å². The molecule has 1 fully saturated rings. The van der Waals surface area contributed by atoms with Crippen molar-refractivity contribution < 1.29 is 9.53 Å². The number of ether oxygens (including phenoxy) is 1. The van der Waals surface area contributed by atoms with Crippen LogP contribution in [0.1, 0.15) is 22.8 Å². The average Bonchev–Trinajstić information content (AvgIpc) is 2.89. The van der Waals surface area contributed by atoms with Crippen molar-refractivity contribution in [2.75, 3.05) is 19.3 Å². The summed E-state index contributed by atoms with van der Waals surface area (Å²) in [7, 11) is 1.50. The van der Waals surface area contributed by atoms with Crippen LogP contribution in [0.15, 0.2) is 48.5 Å². The highest BCUT2D eigenvalue weighted by molar-refractivity contribution is 8.00. The molecule has 0 saturated carbocycles. The largest absolute Gasteiger partial charge is 0.457 e. The molecule has 25 heavy (non-hydrogen) atoms. The van der Waals surface area contributed by atoms with Crippen molar-refractivity contribution in [2.45, 2.75) is 11.7 Å². The zero-order valence-corrected chi connectivity index (χ0v) is 14.9. The van der Waals surface area contributed by atoms with E-state index in [1.807, 2.05) is 24.3 Å². The van der Waals surface area contributed by atoms with E-state index in [2.05, 4.69) is 17.1 Å². The molecule has 1 aliphatic heterocycles. The molecule has 3 rings (SSSR count). The molecule has 5 nitrogen and oxygen atoms in total. The lowest BCUT2D eigenvalue weighted by atomic mass is 10.1. The van der Waals surface area contributed by atoms with E-state index < -0.39 is 0 Å². The number of nitrogens with zero attached hydrogens (tertiary/aromatic N) is 1. The van der Waals surface area contributed by atoms with Crippen LogP contribution in [-0.4, -0.2) is 25.3 Å². The molecule has 2 aromatic carbocycles. The third-order valence-corrected chi connectivity index (χ3v) is 4.89. The maximum absolute atomic E-state index is 12.1. The summed E-state index contributed by atoms with van der Waals surface area (Å²) in [4.78, 5) is 12.1. The number of nitrogens with one attached hydrogen (secondary N) is 1. The minimum absolute atomic E-state index is 0.0771. The molecule has 0 radical (unpaired) electrons. The summed E-state index contributed by atoms with van der Waals surface area (Å²) in [5.41, 5.74) is 6.09. The first-order chi connectivity index (χ1) is 12.3. The quantitative estimate of drug-likeness (QED) is 0.882. The molecule has 1 aliphatic rings. The van der Waals surface area contributed by atoms with Crippen LogP contribution in [0.3, 0.4) is 0 Å². The van der Waals surface area contributed by atoms with E-state index >= 15 is 0 Å². The molecule has 2 aromatic rings. The van der Waals surface area contributed by atoms with Crippen LogP contribution in [0, 0.1) is 11.3 Å². The molecular formula is C19H21N3O2S. The topological polar surface area (TPSA) is 88.1 Å². The molecular weight excluding hydrogens is 334 g/mol. The van der Waals surface area contributed by atoms with Crippen LogP contribution in [0.25, 0.3) is 0 Å². The standard InChI is InChI=1S/C18H16N2O2S.CH5N/c19-12-13-2-6-15(7-3-13)22-16-8-4-14(5-9-16)17-18(21)20-10-1-11-23-17;1-2/h2-9,17H,1,10-11H2,(H,20,21);2H2,1H3/t17-;/m1./s1. The van der Waals surface area contributed by atoms with Gasteiger partial charge in [0.25, 0.3) is 0 Å². The highest BCUT2D eigenvalue weighted by Gasteiger charge is 2.22. The number of amides is 1. The Labute approximate surface area is 152 Å². The van der Waals surface area contributed by atoms with Gasteiger partial charge in [-0.05, 0) is 61.2 Å². The molecule has 1 amide bonds. The zero-order valence-electron chi connectivity index (χ0n) is 14.1. The number of hydrogen-bond donors (Lipinski definition) is 2. The Bertz CT molecular complexity index is 724. The molecule has 0 unspecified atom stereocenters. The van der Waals surface area contributed by atoms with Gasteiger partial charge >= 0.3 is 0 Å². The van der Waals surface area contributed by atoms with E-state index in [4.69, 9.17) is 10.00 Å². The molecule has 3 N–H and O–H groups in total. The maximum atomic E-state index is 12.1. The Balaban J connectivity index is 0.00000109. The predicted molar refractivity (Wildman–Crippen MR) is 101 cm³/mol. The van der Waals surface area contributed by atoms with E-state index in [1.165, 1.54) is 7.05 Å². The van der Waals surface area contributed by atoms with Gasteiger partial charge in [0, 0.05) is 6.54 Å². The van der Waals surface area contributed by atoms with Crippen LogP contribution in [0.2, 0.25) is 0 Å². The molecule has 0 aromatic heterocycles. The SMILES string of the molecule is CN.N#Cc1ccc(Oc2ccc([C@H]3SCCCNC3=O)cc2)cc1. The molecule has 1 saturated heterocycles. The van der Waals surface area contributed by atoms with Gasteiger partial charge in [0.1, 0.15) is 16.7 Å². The van der Waals surface area contributed by atoms with Gasteiger partial charge < -0.3 is 15.8 Å². The summed E-state index contributed by atoms with van der Waals surface area (Å²) >= 11 is 1.68. The van der Waals surface area contributed by atoms with Gasteiger partial charge in [0.15, 0.2) is 0 Å². The lowest BCUT2D eigenvalue weighted by Gasteiger charge is -2.13. The van der Waals surface area contributed by atoms with Crippen molar-refractivity contribution in [3.8, 4) is 17.6 Å². The maximum Gasteiger partial charge on any atom is 0.237 e. The van der Waals surface area contributed by atoms with E-state index in [-0.39, 0.29) is 11.2 Å². The molecule has 0 bridgehead atoms. The lowest BCUT2D eigenvalue weighted by Crippen LogP contribution is -2.26. The first-order valence-corrected chi connectivity index (χ1v) is 9.06. The number of nitriles is 1. The minimum atomic E-state index is -0.151. The summed E-state index contributed by atoms with van der Waals surface area (Å²) in [5.74, 6) is 2.44. The Morgan fingerprint density at radius 2 is 1.72 bits per heavy atom.